The molecule has 2 saturated carbocycles. The van der Waals surface area contributed by atoms with Crippen LogP contribution in [0, 0.1) is 17.3 Å². The zero-order chi connectivity index (χ0) is 24.8. The molecule has 6 nitrogen and oxygen atoms in total. The van der Waals surface area contributed by atoms with Gasteiger partial charge in [0.15, 0.2) is 5.78 Å². The van der Waals surface area contributed by atoms with Crippen LogP contribution in [0.1, 0.15) is 82.8 Å². The van der Waals surface area contributed by atoms with Gasteiger partial charge in [-0.15, -0.1) is 0 Å². The van der Waals surface area contributed by atoms with Crippen LogP contribution < -0.4 is 5.32 Å². The van der Waals surface area contributed by atoms with Gasteiger partial charge in [-0.3, -0.25) is 9.63 Å². The van der Waals surface area contributed by atoms with Crippen LogP contribution in [0.5, 0.6) is 0 Å². The smallest absolute Gasteiger partial charge is 0.390 e. The number of aliphatic hydroxyl groups is 1. The van der Waals surface area contributed by atoms with Crippen LogP contribution in [-0.2, 0) is 9.63 Å². The molecule has 1 amide bonds. The number of hydrogen-bond donors (Lipinski definition) is 2. The molecule has 5 atom stereocenters. The Balaban J connectivity index is 1.50. The summed E-state index contributed by atoms with van der Waals surface area (Å²) in [4.78, 5) is 28.4. The second kappa shape index (κ2) is 9.05. The van der Waals surface area contributed by atoms with Crippen LogP contribution in [0.25, 0.3) is 0 Å². The highest BCUT2D eigenvalue weighted by Crippen LogP contribution is 2.66. The Labute approximate surface area is 207 Å². The van der Waals surface area contributed by atoms with E-state index in [9.17, 15) is 14.7 Å². The molecule has 0 spiro atoms. The van der Waals surface area contributed by atoms with E-state index >= 15 is 0 Å². The molecule has 4 aliphatic rings. The van der Waals surface area contributed by atoms with E-state index in [0.29, 0.717) is 24.8 Å². The summed E-state index contributed by atoms with van der Waals surface area (Å²) in [6.07, 6.45) is 9.17. The minimum atomic E-state index is -0.673. The zero-order valence-corrected chi connectivity index (χ0v) is 21.0. The number of ketones is 1. The first-order chi connectivity index (χ1) is 16.7. The first-order valence-electron chi connectivity index (χ1n) is 13.0. The second-order valence-electron chi connectivity index (χ2n) is 11.1. The Morgan fingerprint density at radius 3 is 2.71 bits per heavy atom. The third kappa shape index (κ3) is 4.16. The van der Waals surface area contributed by atoms with E-state index in [1.807, 2.05) is 32.1 Å². The van der Waals surface area contributed by atoms with Crippen molar-refractivity contribution in [2.75, 3.05) is 6.54 Å². The number of carbonyl (C=O) groups is 2. The Bertz CT molecular complexity index is 1110. The summed E-state index contributed by atoms with van der Waals surface area (Å²) >= 11 is 0. The van der Waals surface area contributed by atoms with Crippen molar-refractivity contribution in [2.45, 2.75) is 77.2 Å². The average Bonchev–Trinajstić information content (AvgIpc) is 3.07. The van der Waals surface area contributed by atoms with Gasteiger partial charge < -0.3 is 10.4 Å². The van der Waals surface area contributed by atoms with Crippen molar-refractivity contribution in [1.29, 1.82) is 0 Å². The molecule has 4 aliphatic carbocycles. The highest BCUT2D eigenvalue weighted by atomic mass is 16.7. The molecule has 0 saturated heterocycles. The number of oxime groups is 1. The van der Waals surface area contributed by atoms with Crippen molar-refractivity contribution in [3.8, 4) is 0 Å². The molecule has 0 heterocycles. The van der Waals surface area contributed by atoms with Crippen LogP contribution >= 0.6 is 0 Å². The topological polar surface area (TPSA) is 88.0 Å². The van der Waals surface area contributed by atoms with Gasteiger partial charge in [-0.25, -0.2) is 4.79 Å². The molecule has 186 valence electrons. The van der Waals surface area contributed by atoms with Crippen molar-refractivity contribution >= 4 is 18.1 Å². The maximum atomic E-state index is 12.2. The maximum Gasteiger partial charge on any atom is 0.433 e. The molecule has 0 aliphatic heterocycles. The lowest BCUT2D eigenvalue weighted by atomic mass is 9.51. The van der Waals surface area contributed by atoms with Gasteiger partial charge in [0.1, 0.15) is 0 Å². The number of fused-ring (bicyclic) bond motifs is 4. The van der Waals surface area contributed by atoms with E-state index in [1.54, 1.807) is 0 Å². The minimum absolute atomic E-state index is 0.140. The van der Waals surface area contributed by atoms with Gasteiger partial charge in [0.25, 0.3) is 0 Å². The predicted octanol–water partition coefficient (Wildman–Crippen LogP) is 5.42. The number of nitrogens with one attached hydrogen (secondary N) is 1. The molecule has 2 fully saturated rings. The maximum absolute atomic E-state index is 12.2. The van der Waals surface area contributed by atoms with E-state index in [0.717, 1.165) is 44.1 Å². The fourth-order valence-corrected chi connectivity index (χ4v) is 7.31. The number of amides is 1. The van der Waals surface area contributed by atoms with Crippen LogP contribution in [0.3, 0.4) is 0 Å². The monoisotopic (exact) mass is 476 g/mol. The third-order valence-electron chi connectivity index (χ3n) is 9.29. The molecule has 1 aromatic carbocycles. The Morgan fingerprint density at radius 1 is 1.20 bits per heavy atom. The number of benzene rings is 1. The number of carbonyl (C=O) groups excluding carboxylic acids is 2. The summed E-state index contributed by atoms with van der Waals surface area (Å²) < 4.78 is 0. The predicted molar refractivity (Wildman–Crippen MR) is 135 cm³/mol. The summed E-state index contributed by atoms with van der Waals surface area (Å²) in [5.41, 5.74) is 5.47. The first-order valence-corrected chi connectivity index (χ1v) is 13.0. The van der Waals surface area contributed by atoms with Gasteiger partial charge in [-0.2, -0.15) is 0 Å². The summed E-state index contributed by atoms with van der Waals surface area (Å²) in [5.74, 6) is 1.41. The SMILES string of the molecule is CCNC(=O)O/N=C/c1ccc([C@H]2C[C@@]3(C)C(CC[C@]3(C)O)C3CCC4=CC(=O)CCC4=C32)cc1. The van der Waals surface area contributed by atoms with Gasteiger partial charge in [0, 0.05) is 24.3 Å². The quantitative estimate of drug-likeness (QED) is 0.345. The highest BCUT2D eigenvalue weighted by Gasteiger charge is 2.60. The van der Waals surface area contributed by atoms with Crippen LogP contribution in [0.4, 0.5) is 4.79 Å². The van der Waals surface area contributed by atoms with Crippen molar-refractivity contribution in [1.82, 2.24) is 5.32 Å². The second-order valence-corrected chi connectivity index (χ2v) is 11.1. The normalized spacial score (nSPS) is 34.2. The van der Waals surface area contributed by atoms with Gasteiger partial charge in [0.2, 0.25) is 0 Å². The van der Waals surface area contributed by atoms with Gasteiger partial charge in [0.05, 0.1) is 11.8 Å². The van der Waals surface area contributed by atoms with Crippen molar-refractivity contribution < 1.29 is 19.5 Å². The fraction of sp³-hybridized carbons (Fsp3) is 0.552. The zero-order valence-electron chi connectivity index (χ0n) is 21.0. The highest BCUT2D eigenvalue weighted by molar-refractivity contribution is 5.93. The Hall–Kier alpha value is -2.73. The number of allylic oxidation sites excluding steroid dienone is 4. The molecule has 0 radical (unpaired) electrons. The summed E-state index contributed by atoms with van der Waals surface area (Å²) in [6, 6.07) is 8.29. The van der Waals surface area contributed by atoms with E-state index in [4.69, 9.17) is 4.84 Å². The molecular weight excluding hydrogens is 440 g/mol. The molecule has 2 N–H and O–H groups in total. The standard InChI is InChI=1S/C29H36N2O4/c1-4-30-27(33)35-31-17-18-5-7-19(8-6-18)24-16-28(2)25(13-14-29(28,3)34)23-11-9-20-15-21(32)10-12-22(20)26(23)24/h5-8,15,17,23-25,34H,4,9-14,16H2,1-3H3,(H,30,33)/b31-17+/t23?,24-,25?,28+,29+/m1/s1. The van der Waals surface area contributed by atoms with E-state index in [-0.39, 0.29) is 17.1 Å². The van der Waals surface area contributed by atoms with Crippen LogP contribution in [0.2, 0.25) is 0 Å². The summed E-state index contributed by atoms with van der Waals surface area (Å²) in [6.45, 7) is 6.64. The Morgan fingerprint density at radius 2 is 1.97 bits per heavy atom. The number of rotatable bonds is 4. The van der Waals surface area contributed by atoms with Crippen molar-refractivity contribution in [2.24, 2.45) is 22.4 Å². The lowest BCUT2D eigenvalue weighted by molar-refractivity contribution is -0.114. The first kappa shape index (κ1) is 24.0. The minimum Gasteiger partial charge on any atom is -0.390 e. The number of nitrogens with zero attached hydrogens (tertiary/aromatic N) is 1. The molecule has 0 aromatic heterocycles. The van der Waals surface area contributed by atoms with E-state index in [1.165, 1.54) is 28.5 Å². The molecule has 0 bridgehead atoms. The molecular formula is C29H36N2O4. The van der Waals surface area contributed by atoms with Crippen LogP contribution in [0.15, 0.2) is 52.2 Å². The Kier molecular flexibility index (Phi) is 6.20. The molecule has 2 unspecified atom stereocenters. The summed E-state index contributed by atoms with van der Waals surface area (Å²) in [5, 5.41) is 17.8. The van der Waals surface area contributed by atoms with Gasteiger partial charge >= 0.3 is 6.09 Å². The lowest BCUT2D eigenvalue weighted by Gasteiger charge is -2.54. The molecule has 5 rings (SSSR count). The van der Waals surface area contributed by atoms with Gasteiger partial charge in [-0.05, 0) is 92.6 Å². The number of hydrogen-bond acceptors (Lipinski definition) is 5. The fourth-order valence-electron chi connectivity index (χ4n) is 7.31. The van der Waals surface area contributed by atoms with Crippen LogP contribution in [-0.4, -0.2) is 35.3 Å². The van der Waals surface area contributed by atoms with Crippen molar-refractivity contribution in [3.63, 3.8) is 0 Å². The molecule has 6 heteroatoms. The molecule has 35 heavy (non-hydrogen) atoms. The largest absolute Gasteiger partial charge is 0.433 e. The third-order valence-corrected chi connectivity index (χ3v) is 9.29. The van der Waals surface area contributed by atoms with E-state index in [2.05, 4.69) is 29.5 Å². The average molecular weight is 477 g/mol. The molecule has 1 aromatic rings. The van der Waals surface area contributed by atoms with Gasteiger partial charge in [-0.1, -0.05) is 41.9 Å². The lowest BCUT2D eigenvalue weighted by Crippen LogP contribution is -2.50. The van der Waals surface area contributed by atoms with E-state index < -0.39 is 11.7 Å². The summed E-state index contributed by atoms with van der Waals surface area (Å²) in [7, 11) is 0. The van der Waals surface area contributed by atoms with Crippen molar-refractivity contribution in [3.05, 3.63) is 58.2 Å².